The molecule has 45 heavy (non-hydrogen) atoms. The van der Waals surface area contributed by atoms with Crippen molar-refractivity contribution in [1.82, 2.24) is 19.8 Å². The first kappa shape index (κ1) is 31.0. The van der Waals surface area contributed by atoms with Crippen LogP contribution in [0.5, 0.6) is 0 Å². The van der Waals surface area contributed by atoms with Gasteiger partial charge in [-0.3, -0.25) is 14.6 Å². The highest BCUT2D eigenvalue weighted by Gasteiger charge is 2.60. The Balaban J connectivity index is 1.36. The maximum absolute atomic E-state index is 14.8. The van der Waals surface area contributed by atoms with E-state index in [9.17, 15) is 9.59 Å². The second kappa shape index (κ2) is 11.8. The number of aromatic nitrogens is 2. The van der Waals surface area contributed by atoms with Gasteiger partial charge in [-0.1, -0.05) is 55.8 Å². The molecule has 1 saturated heterocycles. The maximum atomic E-state index is 14.8. The molecule has 2 fully saturated rings. The summed E-state index contributed by atoms with van der Waals surface area (Å²) in [6.07, 6.45) is 5.10. The van der Waals surface area contributed by atoms with Gasteiger partial charge >= 0.3 is 0 Å². The van der Waals surface area contributed by atoms with Crippen LogP contribution in [0.2, 0.25) is 0 Å². The van der Waals surface area contributed by atoms with Crippen molar-refractivity contribution in [3.63, 3.8) is 0 Å². The highest BCUT2D eigenvalue weighted by atomic mass is 16.2. The van der Waals surface area contributed by atoms with Crippen molar-refractivity contribution in [3.8, 4) is 0 Å². The van der Waals surface area contributed by atoms with E-state index >= 15 is 0 Å². The lowest BCUT2D eigenvalue weighted by molar-refractivity contribution is -0.150. The SMILES string of the molecule is Cc1cc(C)c(NC(=O)C2(N(Cc3cccnc3)C(=O)C[C@@H]3[C@@H](c4c(C)[nH]c5ccccc45)C3(C)C)CCN(C)CC2)c(C)c1. The Morgan fingerprint density at radius 2 is 1.71 bits per heavy atom. The molecule has 236 valence electrons. The molecule has 7 nitrogen and oxygen atoms in total. The number of pyridine rings is 1. The third kappa shape index (κ3) is 5.67. The van der Waals surface area contributed by atoms with Gasteiger partial charge in [0.2, 0.25) is 11.8 Å². The molecule has 2 aromatic carbocycles. The molecular formula is C38H47N5O2. The van der Waals surface area contributed by atoms with Gasteiger partial charge in [0.15, 0.2) is 0 Å². The molecule has 7 heteroatoms. The Morgan fingerprint density at radius 3 is 2.38 bits per heavy atom. The molecule has 0 bridgehead atoms. The average Bonchev–Trinajstić information content (AvgIpc) is 3.35. The molecular weight excluding hydrogens is 558 g/mol. The Hall–Kier alpha value is -3.97. The number of likely N-dealkylation sites (tertiary alicyclic amines) is 1. The molecule has 1 aliphatic heterocycles. The molecule has 0 unspecified atom stereocenters. The molecule has 0 radical (unpaired) electrons. The number of benzene rings is 2. The quantitative estimate of drug-likeness (QED) is 0.225. The van der Waals surface area contributed by atoms with Crippen molar-refractivity contribution in [2.24, 2.45) is 11.3 Å². The normalized spacial score (nSPS) is 20.6. The minimum atomic E-state index is -0.978. The predicted molar refractivity (Wildman–Crippen MR) is 181 cm³/mol. The van der Waals surface area contributed by atoms with Gasteiger partial charge in [0.05, 0.1) is 0 Å². The van der Waals surface area contributed by atoms with Crippen LogP contribution in [0.15, 0.2) is 60.9 Å². The van der Waals surface area contributed by atoms with Crippen molar-refractivity contribution in [2.45, 2.75) is 78.8 Å². The standard InChI is InChI=1S/C38H47N5O2/c1-24-19-25(2)35(26(3)20-24)41-36(45)38(14-17-42(7)18-15-38)43(23-28-11-10-16-39-22-28)32(44)21-30-34(37(30,5)6)33-27(4)40-31-13-9-8-12-29(31)33/h8-13,16,19-20,22,30,34,40H,14-15,17-18,21,23H2,1-7H3,(H,41,45)/t30-,34+/m1/s1. The first-order valence-electron chi connectivity index (χ1n) is 16.3. The van der Waals surface area contributed by atoms with Crippen LogP contribution in [-0.4, -0.2) is 57.3 Å². The van der Waals surface area contributed by atoms with Crippen molar-refractivity contribution in [1.29, 1.82) is 0 Å². The van der Waals surface area contributed by atoms with E-state index in [2.05, 4.69) is 91.3 Å². The summed E-state index contributed by atoms with van der Waals surface area (Å²) in [6.45, 7) is 14.7. The summed E-state index contributed by atoms with van der Waals surface area (Å²) in [6, 6.07) is 16.6. The van der Waals surface area contributed by atoms with E-state index in [1.165, 1.54) is 16.6 Å². The average molecular weight is 606 g/mol. The fraction of sp³-hybridized carbons (Fsp3) is 0.447. The fourth-order valence-corrected chi connectivity index (χ4v) is 8.06. The van der Waals surface area contributed by atoms with Crippen LogP contribution in [0, 0.1) is 39.0 Å². The number of hydrogen-bond acceptors (Lipinski definition) is 4. The third-order valence-electron chi connectivity index (χ3n) is 10.7. The predicted octanol–water partition coefficient (Wildman–Crippen LogP) is 7.06. The van der Waals surface area contributed by atoms with E-state index in [0.717, 1.165) is 46.5 Å². The summed E-state index contributed by atoms with van der Waals surface area (Å²) in [5.41, 5.74) is 7.62. The first-order chi connectivity index (χ1) is 21.4. The van der Waals surface area contributed by atoms with Crippen molar-refractivity contribution in [2.75, 3.05) is 25.5 Å². The number of anilines is 1. The zero-order valence-corrected chi connectivity index (χ0v) is 27.8. The number of nitrogens with one attached hydrogen (secondary N) is 2. The van der Waals surface area contributed by atoms with Gasteiger partial charge in [0.25, 0.3) is 0 Å². The van der Waals surface area contributed by atoms with E-state index < -0.39 is 5.54 Å². The van der Waals surface area contributed by atoms with Crippen LogP contribution in [0.25, 0.3) is 10.9 Å². The lowest BCUT2D eigenvalue weighted by Gasteiger charge is -2.47. The van der Waals surface area contributed by atoms with Crippen LogP contribution >= 0.6 is 0 Å². The van der Waals surface area contributed by atoms with Gasteiger partial charge < -0.3 is 20.1 Å². The number of piperidine rings is 1. The molecule has 2 aromatic heterocycles. The van der Waals surface area contributed by atoms with Crippen LogP contribution < -0.4 is 5.32 Å². The molecule has 6 rings (SSSR count). The monoisotopic (exact) mass is 605 g/mol. The van der Waals surface area contributed by atoms with Gasteiger partial charge in [-0.05, 0) is 99.2 Å². The molecule has 1 aliphatic carbocycles. The fourth-order valence-electron chi connectivity index (χ4n) is 8.06. The van der Waals surface area contributed by atoms with Gasteiger partial charge in [-0.2, -0.15) is 0 Å². The van der Waals surface area contributed by atoms with Gasteiger partial charge in [0.1, 0.15) is 5.54 Å². The number of H-pyrrole nitrogens is 1. The smallest absolute Gasteiger partial charge is 0.250 e. The summed E-state index contributed by atoms with van der Waals surface area (Å²) in [4.78, 5) is 41.5. The van der Waals surface area contributed by atoms with Crippen LogP contribution in [0.4, 0.5) is 5.69 Å². The number of carbonyl (C=O) groups excluding carboxylic acids is 2. The molecule has 4 aromatic rings. The Morgan fingerprint density at radius 1 is 1.02 bits per heavy atom. The number of para-hydroxylation sites is 1. The lowest BCUT2D eigenvalue weighted by Crippen LogP contribution is -2.63. The second-order valence-corrected chi connectivity index (χ2v) is 14.2. The lowest BCUT2D eigenvalue weighted by atomic mass is 9.83. The number of nitrogens with zero attached hydrogens (tertiary/aromatic N) is 3. The third-order valence-corrected chi connectivity index (χ3v) is 10.7. The molecule has 2 atom stereocenters. The molecule has 1 saturated carbocycles. The van der Waals surface area contributed by atoms with E-state index in [-0.39, 0.29) is 29.1 Å². The molecule has 3 heterocycles. The number of fused-ring (bicyclic) bond motifs is 1. The number of aryl methyl sites for hydroxylation is 4. The largest absolute Gasteiger partial charge is 0.358 e. The van der Waals surface area contributed by atoms with Crippen molar-refractivity contribution in [3.05, 3.63) is 94.4 Å². The zero-order valence-electron chi connectivity index (χ0n) is 27.8. The van der Waals surface area contributed by atoms with Crippen molar-refractivity contribution >= 4 is 28.4 Å². The van der Waals surface area contributed by atoms with Crippen LogP contribution in [0.1, 0.15) is 72.5 Å². The summed E-state index contributed by atoms with van der Waals surface area (Å²) >= 11 is 0. The first-order valence-corrected chi connectivity index (χ1v) is 16.3. The van der Waals surface area contributed by atoms with Crippen molar-refractivity contribution < 1.29 is 9.59 Å². The summed E-state index contributed by atoms with van der Waals surface area (Å²) < 4.78 is 0. The maximum Gasteiger partial charge on any atom is 0.250 e. The number of rotatable bonds is 8. The Bertz CT molecular complexity index is 1710. The van der Waals surface area contributed by atoms with E-state index in [4.69, 9.17) is 0 Å². The topological polar surface area (TPSA) is 81.3 Å². The summed E-state index contributed by atoms with van der Waals surface area (Å²) in [5, 5.41) is 4.57. The molecule has 2 aliphatic rings. The highest BCUT2D eigenvalue weighted by Crippen LogP contribution is 2.67. The molecule has 2 amide bonds. The van der Waals surface area contributed by atoms with Gasteiger partial charge in [-0.15, -0.1) is 0 Å². The second-order valence-electron chi connectivity index (χ2n) is 14.2. The van der Waals surface area contributed by atoms with E-state index in [1.807, 2.05) is 37.1 Å². The number of aromatic amines is 1. The summed E-state index contributed by atoms with van der Waals surface area (Å²) in [5.74, 6) is 0.376. The van der Waals surface area contributed by atoms with Crippen LogP contribution in [0.3, 0.4) is 0 Å². The van der Waals surface area contributed by atoms with E-state index in [0.29, 0.717) is 25.8 Å². The Labute approximate surface area is 267 Å². The number of amides is 2. The minimum Gasteiger partial charge on any atom is -0.358 e. The zero-order chi connectivity index (χ0) is 32.1. The van der Waals surface area contributed by atoms with Gasteiger partial charge in [0, 0.05) is 60.7 Å². The minimum absolute atomic E-state index is 0.0361. The Kier molecular flexibility index (Phi) is 8.10. The van der Waals surface area contributed by atoms with Gasteiger partial charge in [-0.25, -0.2) is 0 Å². The molecule has 2 N–H and O–H groups in total. The molecule has 0 spiro atoms. The number of hydrogen-bond donors (Lipinski definition) is 2. The van der Waals surface area contributed by atoms with Crippen LogP contribution in [-0.2, 0) is 16.1 Å². The summed E-state index contributed by atoms with van der Waals surface area (Å²) in [7, 11) is 2.09. The number of carbonyl (C=O) groups is 2. The van der Waals surface area contributed by atoms with E-state index in [1.54, 1.807) is 6.20 Å². The highest BCUT2D eigenvalue weighted by molar-refractivity contribution is 6.01.